The number of aromatic nitrogens is 3. The van der Waals surface area contributed by atoms with Crippen LogP contribution in [0.5, 0.6) is 0 Å². The lowest BCUT2D eigenvalue weighted by molar-refractivity contribution is 0.101. The standard InChI is InChI=1S/C12H14N4O2/c1-18-7-6-9-4-2-3-5-10(9)15-12(17)11-13-8-14-16-11/h2-5,8H,6-7H2,1H3,(H,15,17)(H,13,14,16). The molecule has 0 saturated heterocycles. The van der Waals surface area contributed by atoms with Crippen LogP contribution in [0.2, 0.25) is 0 Å². The SMILES string of the molecule is COCCc1ccccc1NC(=O)c1ncn[nH]1. The molecule has 1 aromatic heterocycles. The number of nitrogens with one attached hydrogen (secondary N) is 2. The van der Waals surface area contributed by atoms with Gasteiger partial charge < -0.3 is 10.1 Å². The number of nitrogens with zero attached hydrogens (tertiary/aromatic N) is 2. The third-order valence-electron chi connectivity index (χ3n) is 2.47. The van der Waals surface area contributed by atoms with E-state index in [-0.39, 0.29) is 11.7 Å². The Balaban J connectivity index is 2.11. The van der Waals surface area contributed by atoms with Crippen LogP contribution in [0.15, 0.2) is 30.6 Å². The highest BCUT2D eigenvalue weighted by atomic mass is 16.5. The maximum Gasteiger partial charge on any atom is 0.292 e. The van der Waals surface area contributed by atoms with Gasteiger partial charge in [0.2, 0.25) is 5.82 Å². The van der Waals surface area contributed by atoms with Crippen molar-refractivity contribution in [1.29, 1.82) is 0 Å². The number of hydrogen-bond donors (Lipinski definition) is 2. The second-order valence-corrected chi connectivity index (χ2v) is 3.69. The van der Waals surface area contributed by atoms with Crippen LogP contribution in [0.1, 0.15) is 16.2 Å². The molecule has 18 heavy (non-hydrogen) atoms. The van der Waals surface area contributed by atoms with Gasteiger partial charge in [0.05, 0.1) is 6.61 Å². The summed E-state index contributed by atoms with van der Waals surface area (Å²) in [7, 11) is 1.65. The number of amides is 1. The average molecular weight is 246 g/mol. The maximum atomic E-state index is 11.8. The van der Waals surface area contributed by atoms with Crippen LogP contribution in [0.3, 0.4) is 0 Å². The van der Waals surface area contributed by atoms with Gasteiger partial charge >= 0.3 is 0 Å². The monoisotopic (exact) mass is 246 g/mol. The quantitative estimate of drug-likeness (QED) is 0.832. The van der Waals surface area contributed by atoms with Crippen molar-refractivity contribution in [3.05, 3.63) is 42.0 Å². The molecule has 94 valence electrons. The normalized spacial score (nSPS) is 10.3. The van der Waals surface area contributed by atoms with E-state index in [0.29, 0.717) is 6.61 Å². The Morgan fingerprint density at radius 1 is 1.44 bits per heavy atom. The number of hydrogen-bond acceptors (Lipinski definition) is 4. The lowest BCUT2D eigenvalue weighted by Gasteiger charge is -2.09. The molecule has 1 aromatic carbocycles. The molecule has 2 N–H and O–H groups in total. The molecule has 1 amide bonds. The molecule has 2 rings (SSSR count). The van der Waals surface area contributed by atoms with Gasteiger partial charge in [-0.15, -0.1) is 0 Å². The van der Waals surface area contributed by atoms with Crippen LogP contribution in [0.25, 0.3) is 0 Å². The second-order valence-electron chi connectivity index (χ2n) is 3.69. The molecule has 0 atom stereocenters. The number of ether oxygens (including phenoxy) is 1. The van der Waals surface area contributed by atoms with E-state index in [1.165, 1.54) is 6.33 Å². The lowest BCUT2D eigenvalue weighted by Crippen LogP contribution is -2.15. The Morgan fingerprint density at radius 3 is 3.00 bits per heavy atom. The Kier molecular flexibility index (Phi) is 4.03. The molecule has 6 nitrogen and oxygen atoms in total. The van der Waals surface area contributed by atoms with Crippen LogP contribution in [0.4, 0.5) is 5.69 Å². The van der Waals surface area contributed by atoms with Gasteiger partial charge in [0.1, 0.15) is 6.33 Å². The summed E-state index contributed by atoms with van der Waals surface area (Å²) in [5.74, 6) is -0.117. The van der Waals surface area contributed by atoms with Crippen molar-refractivity contribution in [2.75, 3.05) is 19.0 Å². The first-order valence-electron chi connectivity index (χ1n) is 5.55. The molecule has 0 radical (unpaired) electrons. The topological polar surface area (TPSA) is 79.9 Å². The molecule has 0 aliphatic carbocycles. The minimum Gasteiger partial charge on any atom is -0.384 e. The van der Waals surface area contributed by atoms with E-state index < -0.39 is 0 Å². The Morgan fingerprint density at radius 2 is 2.28 bits per heavy atom. The average Bonchev–Trinajstić information content (AvgIpc) is 2.91. The minimum absolute atomic E-state index is 0.191. The summed E-state index contributed by atoms with van der Waals surface area (Å²) in [4.78, 5) is 15.6. The summed E-state index contributed by atoms with van der Waals surface area (Å²) in [5.41, 5.74) is 1.78. The van der Waals surface area contributed by atoms with E-state index in [1.807, 2.05) is 24.3 Å². The predicted molar refractivity (Wildman–Crippen MR) is 66.4 cm³/mol. The van der Waals surface area contributed by atoms with E-state index in [0.717, 1.165) is 17.7 Å². The first-order valence-corrected chi connectivity index (χ1v) is 5.55. The minimum atomic E-state index is -0.308. The number of benzene rings is 1. The zero-order chi connectivity index (χ0) is 12.8. The first-order chi connectivity index (χ1) is 8.81. The van der Waals surface area contributed by atoms with Crippen molar-refractivity contribution < 1.29 is 9.53 Å². The Bertz CT molecular complexity index is 511. The number of rotatable bonds is 5. The summed E-state index contributed by atoms with van der Waals surface area (Å²) in [6, 6.07) is 7.59. The van der Waals surface area contributed by atoms with Crippen molar-refractivity contribution in [3.8, 4) is 0 Å². The first kappa shape index (κ1) is 12.3. The summed E-state index contributed by atoms with van der Waals surface area (Å²) < 4.78 is 5.04. The molecule has 0 fully saturated rings. The van der Waals surface area contributed by atoms with Gasteiger partial charge in [-0.05, 0) is 18.1 Å². The molecule has 0 spiro atoms. The highest BCUT2D eigenvalue weighted by Crippen LogP contribution is 2.16. The van der Waals surface area contributed by atoms with Crippen LogP contribution in [0, 0.1) is 0 Å². The number of carbonyl (C=O) groups is 1. The van der Waals surface area contributed by atoms with Crippen molar-refractivity contribution in [2.45, 2.75) is 6.42 Å². The fourth-order valence-corrected chi connectivity index (χ4v) is 1.57. The second kappa shape index (κ2) is 5.92. The highest BCUT2D eigenvalue weighted by Gasteiger charge is 2.10. The molecule has 1 heterocycles. The molecule has 0 saturated carbocycles. The summed E-state index contributed by atoms with van der Waals surface area (Å²) in [6.07, 6.45) is 2.04. The van der Waals surface area contributed by atoms with Gasteiger partial charge in [-0.1, -0.05) is 18.2 Å². The third kappa shape index (κ3) is 2.92. The number of aromatic amines is 1. The van der Waals surface area contributed by atoms with Gasteiger partial charge in [0.25, 0.3) is 5.91 Å². The van der Waals surface area contributed by atoms with Gasteiger partial charge in [0, 0.05) is 12.8 Å². The van der Waals surface area contributed by atoms with Gasteiger partial charge in [-0.2, -0.15) is 5.10 Å². The predicted octanol–water partition coefficient (Wildman–Crippen LogP) is 1.25. The van der Waals surface area contributed by atoms with E-state index in [9.17, 15) is 4.79 Å². The molecular weight excluding hydrogens is 232 g/mol. The number of para-hydroxylation sites is 1. The van der Waals surface area contributed by atoms with Crippen LogP contribution in [-0.4, -0.2) is 34.8 Å². The van der Waals surface area contributed by atoms with Crippen LogP contribution < -0.4 is 5.32 Å². The van der Waals surface area contributed by atoms with Crippen molar-refractivity contribution >= 4 is 11.6 Å². The molecule has 0 aliphatic rings. The van der Waals surface area contributed by atoms with Crippen molar-refractivity contribution in [1.82, 2.24) is 15.2 Å². The van der Waals surface area contributed by atoms with E-state index in [4.69, 9.17) is 4.74 Å². The Hall–Kier alpha value is -2.21. The smallest absolute Gasteiger partial charge is 0.292 e. The molecular formula is C12H14N4O2. The fourth-order valence-electron chi connectivity index (χ4n) is 1.57. The zero-order valence-corrected chi connectivity index (χ0v) is 10.0. The molecule has 0 aliphatic heterocycles. The van der Waals surface area contributed by atoms with Crippen molar-refractivity contribution in [2.24, 2.45) is 0 Å². The Labute approximate surface area is 104 Å². The lowest BCUT2D eigenvalue weighted by atomic mass is 10.1. The summed E-state index contributed by atoms with van der Waals surface area (Å²) in [6.45, 7) is 0.606. The summed E-state index contributed by atoms with van der Waals surface area (Å²) in [5, 5.41) is 8.96. The molecule has 6 heteroatoms. The maximum absolute atomic E-state index is 11.8. The molecule has 2 aromatic rings. The third-order valence-corrected chi connectivity index (χ3v) is 2.47. The van der Waals surface area contributed by atoms with Crippen LogP contribution in [-0.2, 0) is 11.2 Å². The van der Waals surface area contributed by atoms with Crippen LogP contribution >= 0.6 is 0 Å². The van der Waals surface area contributed by atoms with E-state index in [2.05, 4.69) is 20.5 Å². The fraction of sp³-hybridized carbons (Fsp3) is 0.250. The number of H-pyrrole nitrogens is 1. The largest absolute Gasteiger partial charge is 0.384 e. The van der Waals surface area contributed by atoms with E-state index in [1.54, 1.807) is 7.11 Å². The van der Waals surface area contributed by atoms with Gasteiger partial charge in [-0.3, -0.25) is 9.89 Å². The number of carbonyl (C=O) groups excluding carboxylic acids is 1. The molecule has 0 unspecified atom stereocenters. The van der Waals surface area contributed by atoms with Gasteiger partial charge in [0.15, 0.2) is 0 Å². The van der Waals surface area contributed by atoms with E-state index >= 15 is 0 Å². The van der Waals surface area contributed by atoms with Gasteiger partial charge in [-0.25, -0.2) is 4.98 Å². The summed E-state index contributed by atoms with van der Waals surface area (Å²) >= 11 is 0. The van der Waals surface area contributed by atoms with Crippen molar-refractivity contribution in [3.63, 3.8) is 0 Å². The number of anilines is 1. The zero-order valence-electron chi connectivity index (χ0n) is 10.0. The molecule has 0 bridgehead atoms. The highest BCUT2D eigenvalue weighted by molar-refractivity contribution is 6.01. The number of methoxy groups -OCH3 is 1.